The molecule has 0 aliphatic heterocycles. The minimum Gasteiger partial charge on any atom is -0.494 e. The first-order valence-corrected chi connectivity index (χ1v) is 12.5. The molecule has 0 saturated heterocycles. The number of hydrogen-bond donors (Lipinski definition) is 2. The van der Waals surface area contributed by atoms with Gasteiger partial charge in [0.05, 0.1) is 12.4 Å². The van der Waals surface area contributed by atoms with Gasteiger partial charge in [0.15, 0.2) is 14.8 Å². The van der Waals surface area contributed by atoms with E-state index < -0.39 is 0 Å². The number of nitrogens with one attached hydrogen (secondary N) is 2. The lowest BCUT2D eigenvalue weighted by molar-refractivity contribution is -0.113. The SMILES string of the molecule is CCOc1ccc(-n2c(=S)sc3c(=O)[nH]c(SCC(=O)Nc4c(C)cccc4C)nc32)cc1. The van der Waals surface area contributed by atoms with Gasteiger partial charge < -0.3 is 15.0 Å². The topological polar surface area (TPSA) is 89.0 Å². The minimum absolute atomic E-state index is 0.107. The molecule has 33 heavy (non-hydrogen) atoms. The van der Waals surface area contributed by atoms with Crippen molar-refractivity contribution in [3.8, 4) is 11.4 Å². The average Bonchev–Trinajstić information content (AvgIpc) is 3.12. The van der Waals surface area contributed by atoms with Crippen LogP contribution in [-0.2, 0) is 4.79 Å². The molecule has 0 saturated carbocycles. The van der Waals surface area contributed by atoms with Crippen molar-refractivity contribution in [2.24, 2.45) is 0 Å². The fourth-order valence-corrected chi connectivity index (χ4v) is 5.30. The number of H-pyrrole nitrogens is 1. The second kappa shape index (κ2) is 9.90. The third kappa shape index (κ3) is 5.02. The molecule has 2 aromatic heterocycles. The van der Waals surface area contributed by atoms with Crippen LogP contribution in [0.2, 0.25) is 0 Å². The number of fused-ring (bicyclic) bond motifs is 1. The maximum atomic E-state index is 12.7. The Morgan fingerprint density at radius 2 is 1.91 bits per heavy atom. The van der Waals surface area contributed by atoms with Gasteiger partial charge in [0, 0.05) is 11.4 Å². The highest BCUT2D eigenvalue weighted by atomic mass is 32.2. The number of aryl methyl sites for hydroxylation is 2. The summed E-state index contributed by atoms with van der Waals surface area (Å²) in [4.78, 5) is 32.6. The van der Waals surface area contributed by atoms with Gasteiger partial charge in [0.25, 0.3) is 5.56 Å². The number of thioether (sulfide) groups is 1. The van der Waals surface area contributed by atoms with E-state index in [1.165, 1.54) is 23.1 Å². The van der Waals surface area contributed by atoms with Crippen molar-refractivity contribution < 1.29 is 9.53 Å². The first kappa shape index (κ1) is 23.2. The third-order valence-corrected chi connectivity index (χ3v) is 7.15. The lowest BCUT2D eigenvalue weighted by Gasteiger charge is -2.11. The molecular formula is C23H22N4O3S3. The van der Waals surface area contributed by atoms with Gasteiger partial charge in [-0.3, -0.25) is 14.2 Å². The molecule has 4 aromatic rings. The Labute approximate surface area is 203 Å². The summed E-state index contributed by atoms with van der Waals surface area (Å²) < 4.78 is 8.22. The highest BCUT2D eigenvalue weighted by molar-refractivity contribution is 7.99. The van der Waals surface area contributed by atoms with E-state index in [4.69, 9.17) is 17.0 Å². The number of para-hydroxylation sites is 1. The molecule has 2 heterocycles. The van der Waals surface area contributed by atoms with E-state index in [0.717, 1.165) is 28.3 Å². The van der Waals surface area contributed by atoms with E-state index in [9.17, 15) is 9.59 Å². The van der Waals surface area contributed by atoms with Crippen LogP contribution in [0.4, 0.5) is 5.69 Å². The van der Waals surface area contributed by atoms with Crippen molar-refractivity contribution in [2.45, 2.75) is 25.9 Å². The van der Waals surface area contributed by atoms with Crippen LogP contribution in [0.15, 0.2) is 52.4 Å². The van der Waals surface area contributed by atoms with Gasteiger partial charge in [-0.15, -0.1) is 0 Å². The standard InChI is InChI=1S/C23H22N4O3S3/c1-4-30-16-10-8-15(9-11-16)27-20-19(33-23(27)31)21(29)26-22(25-20)32-12-17(28)24-18-13(2)6-5-7-14(18)3/h5-11H,4,12H2,1-3H3,(H,24,28)(H,25,26,29). The van der Waals surface area contributed by atoms with Crippen LogP contribution in [-0.4, -0.2) is 32.8 Å². The first-order chi connectivity index (χ1) is 15.9. The molecule has 4 rings (SSSR count). The molecule has 2 N–H and O–H groups in total. The van der Waals surface area contributed by atoms with Gasteiger partial charge >= 0.3 is 0 Å². The van der Waals surface area contributed by atoms with Crippen molar-refractivity contribution >= 4 is 57.3 Å². The molecule has 0 bridgehead atoms. The van der Waals surface area contributed by atoms with E-state index in [0.29, 0.717) is 26.1 Å². The van der Waals surface area contributed by atoms with Crippen molar-refractivity contribution in [3.05, 3.63) is 67.9 Å². The van der Waals surface area contributed by atoms with Crippen LogP contribution in [0, 0.1) is 17.8 Å². The fourth-order valence-electron chi connectivity index (χ4n) is 3.37. The first-order valence-electron chi connectivity index (χ1n) is 10.3. The van der Waals surface area contributed by atoms with Gasteiger partial charge in [-0.25, -0.2) is 4.98 Å². The normalized spacial score (nSPS) is 11.0. The van der Waals surface area contributed by atoms with Gasteiger partial charge in [-0.1, -0.05) is 41.3 Å². The molecule has 0 radical (unpaired) electrons. The van der Waals surface area contributed by atoms with Gasteiger partial charge in [-0.2, -0.15) is 0 Å². The monoisotopic (exact) mass is 498 g/mol. The number of anilines is 1. The number of carbonyl (C=O) groups is 1. The van der Waals surface area contributed by atoms with Gasteiger partial charge in [-0.05, 0) is 68.4 Å². The molecule has 0 aliphatic rings. The van der Waals surface area contributed by atoms with Crippen LogP contribution in [0.25, 0.3) is 16.0 Å². The van der Waals surface area contributed by atoms with Crippen molar-refractivity contribution in [2.75, 3.05) is 17.7 Å². The number of benzene rings is 2. The molecule has 170 valence electrons. The van der Waals surface area contributed by atoms with E-state index in [2.05, 4.69) is 15.3 Å². The van der Waals surface area contributed by atoms with Gasteiger partial charge in [0.2, 0.25) is 5.91 Å². The van der Waals surface area contributed by atoms with Gasteiger partial charge in [0.1, 0.15) is 10.4 Å². The van der Waals surface area contributed by atoms with Crippen LogP contribution in [0.3, 0.4) is 0 Å². The fraction of sp³-hybridized carbons (Fsp3) is 0.217. The number of hydrogen-bond acceptors (Lipinski definition) is 7. The second-order valence-corrected chi connectivity index (χ2v) is 9.87. The minimum atomic E-state index is -0.279. The summed E-state index contributed by atoms with van der Waals surface area (Å²) in [7, 11) is 0. The summed E-state index contributed by atoms with van der Waals surface area (Å²) in [6, 6.07) is 13.3. The molecule has 0 unspecified atom stereocenters. The lowest BCUT2D eigenvalue weighted by atomic mass is 10.1. The molecule has 1 amide bonds. The Morgan fingerprint density at radius 3 is 2.58 bits per heavy atom. The van der Waals surface area contributed by atoms with E-state index in [-0.39, 0.29) is 17.2 Å². The largest absolute Gasteiger partial charge is 0.494 e. The molecule has 0 spiro atoms. The summed E-state index contributed by atoms with van der Waals surface area (Å²) in [6.07, 6.45) is 0. The van der Waals surface area contributed by atoms with Crippen LogP contribution in [0.1, 0.15) is 18.1 Å². The van der Waals surface area contributed by atoms with Crippen LogP contribution >= 0.6 is 35.3 Å². The number of nitrogens with zero attached hydrogens (tertiary/aromatic N) is 2. The quantitative estimate of drug-likeness (QED) is 0.206. The summed E-state index contributed by atoms with van der Waals surface area (Å²) >= 11 is 7.89. The average molecular weight is 499 g/mol. The molecule has 0 fully saturated rings. The summed E-state index contributed by atoms with van der Waals surface area (Å²) in [6.45, 7) is 6.40. The molecule has 0 aliphatic carbocycles. The number of carbonyl (C=O) groups excluding carboxylic acids is 1. The molecule has 0 atom stereocenters. The van der Waals surface area contributed by atoms with Crippen molar-refractivity contribution in [1.29, 1.82) is 0 Å². The zero-order chi connectivity index (χ0) is 23.5. The van der Waals surface area contributed by atoms with E-state index >= 15 is 0 Å². The Balaban J connectivity index is 1.59. The highest BCUT2D eigenvalue weighted by Crippen LogP contribution is 2.26. The highest BCUT2D eigenvalue weighted by Gasteiger charge is 2.15. The lowest BCUT2D eigenvalue weighted by Crippen LogP contribution is -2.17. The summed E-state index contributed by atoms with van der Waals surface area (Å²) in [5.41, 5.74) is 3.77. The number of amides is 1. The Hall–Kier alpha value is -2.95. The maximum Gasteiger partial charge on any atom is 0.271 e. The number of rotatable bonds is 7. The third-order valence-electron chi connectivity index (χ3n) is 4.91. The second-order valence-electron chi connectivity index (χ2n) is 7.26. The maximum absolute atomic E-state index is 12.7. The Kier molecular flexibility index (Phi) is 6.96. The predicted molar refractivity (Wildman–Crippen MR) is 137 cm³/mol. The zero-order valence-electron chi connectivity index (χ0n) is 18.3. The van der Waals surface area contributed by atoms with Crippen molar-refractivity contribution in [3.63, 3.8) is 0 Å². The summed E-state index contributed by atoms with van der Waals surface area (Å²) in [5.74, 6) is 0.689. The number of aromatic nitrogens is 3. The van der Waals surface area contributed by atoms with Crippen LogP contribution < -0.4 is 15.6 Å². The molecule has 10 heteroatoms. The number of thiazole rings is 1. The Morgan fingerprint density at radius 1 is 1.21 bits per heavy atom. The van der Waals surface area contributed by atoms with Crippen molar-refractivity contribution in [1.82, 2.24) is 14.5 Å². The summed E-state index contributed by atoms with van der Waals surface area (Å²) in [5, 5.41) is 3.30. The predicted octanol–water partition coefficient (Wildman–Crippen LogP) is 5.25. The molecule has 2 aromatic carbocycles. The smallest absolute Gasteiger partial charge is 0.271 e. The van der Waals surface area contributed by atoms with E-state index in [1.54, 1.807) is 4.57 Å². The molecular weight excluding hydrogens is 476 g/mol. The van der Waals surface area contributed by atoms with E-state index in [1.807, 2.05) is 63.2 Å². The number of aromatic amines is 1. The molecule has 7 nitrogen and oxygen atoms in total. The zero-order valence-corrected chi connectivity index (χ0v) is 20.7. The number of ether oxygens (including phenoxy) is 1. The Bertz CT molecular complexity index is 1420. The van der Waals surface area contributed by atoms with Crippen LogP contribution in [0.5, 0.6) is 5.75 Å².